The first-order valence-electron chi connectivity index (χ1n) is 12.9. The lowest BCUT2D eigenvalue weighted by molar-refractivity contribution is -0.0738. The topological polar surface area (TPSA) is 78.5 Å². The van der Waals surface area contributed by atoms with Crippen molar-refractivity contribution in [3.8, 4) is 32.3 Å². The number of hydrogen-bond donors (Lipinski definition) is 2. The molecule has 0 bridgehead atoms. The highest BCUT2D eigenvalue weighted by molar-refractivity contribution is 7.19. The van der Waals surface area contributed by atoms with Gasteiger partial charge in [0.05, 0.1) is 16.2 Å². The third-order valence-corrected chi connectivity index (χ3v) is 8.76. The maximum absolute atomic E-state index is 10.2. The molecule has 6 nitrogen and oxygen atoms in total. The molecule has 3 N–H and O–H groups in total. The Bertz CT molecular complexity index is 1380. The van der Waals surface area contributed by atoms with E-state index < -0.39 is 11.1 Å². The van der Waals surface area contributed by atoms with E-state index in [9.17, 15) is 5.11 Å². The number of rotatable bonds is 5. The molecule has 3 heterocycles. The lowest BCUT2D eigenvalue weighted by atomic mass is 9.63. The fraction of sp³-hybridized carbons (Fsp3) is 0.333. The van der Waals surface area contributed by atoms with E-state index in [1.165, 1.54) is 0 Å². The van der Waals surface area contributed by atoms with Crippen LogP contribution in [0, 0.1) is 0 Å². The molecular weight excluding hydrogens is 478 g/mol. The van der Waals surface area contributed by atoms with Crippen LogP contribution < -0.4 is 10.6 Å². The van der Waals surface area contributed by atoms with Crippen LogP contribution in [0.3, 0.4) is 0 Å². The summed E-state index contributed by atoms with van der Waals surface area (Å²) in [4.78, 5) is 15.7. The normalized spacial score (nSPS) is 24.2. The Labute approximate surface area is 222 Å². The third kappa shape index (κ3) is 4.80. The number of pyridine rings is 1. The molecule has 190 valence electrons. The van der Waals surface area contributed by atoms with Crippen molar-refractivity contribution in [1.82, 2.24) is 14.9 Å². The van der Waals surface area contributed by atoms with E-state index in [2.05, 4.69) is 82.5 Å². The molecule has 1 saturated carbocycles. The van der Waals surface area contributed by atoms with Crippen molar-refractivity contribution in [2.24, 2.45) is 5.73 Å². The smallest absolute Gasteiger partial charge is 0.129 e. The Morgan fingerprint density at radius 2 is 1.59 bits per heavy atom. The van der Waals surface area contributed by atoms with Gasteiger partial charge in [-0.1, -0.05) is 54.6 Å². The van der Waals surface area contributed by atoms with Crippen LogP contribution in [0.4, 0.5) is 5.82 Å². The zero-order chi connectivity index (χ0) is 25.6. The number of aromatic nitrogens is 2. The van der Waals surface area contributed by atoms with Gasteiger partial charge in [-0.05, 0) is 50.1 Å². The average Bonchev–Trinajstić information content (AvgIpc) is 3.34. The van der Waals surface area contributed by atoms with E-state index in [4.69, 9.17) is 10.7 Å². The number of thiazole rings is 1. The van der Waals surface area contributed by atoms with Gasteiger partial charge in [0.1, 0.15) is 10.8 Å². The van der Waals surface area contributed by atoms with Crippen LogP contribution in [-0.2, 0) is 5.54 Å². The van der Waals surface area contributed by atoms with Gasteiger partial charge in [-0.3, -0.25) is 0 Å². The van der Waals surface area contributed by atoms with E-state index >= 15 is 0 Å². The van der Waals surface area contributed by atoms with E-state index in [0.29, 0.717) is 12.8 Å². The fourth-order valence-electron chi connectivity index (χ4n) is 5.66. The Kier molecular flexibility index (Phi) is 6.12. The van der Waals surface area contributed by atoms with E-state index in [1.54, 1.807) is 11.3 Å². The molecule has 2 fully saturated rings. The summed E-state index contributed by atoms with van der Waals surface area (Å²) in [7, 11) is 2.17. The molecule has 1 aliphatic heterocycles. The van der Waals surface area contributed by atoms with Gasteiger partial charge in [0.2, 0.25) is 0 Å². The highest BCUT2D eigenvalue weighted by Crippen LogP contribution is 2.47. The van der Waals surface area contributed by atoms with Crippen molar-refractivity contribution >= 4 is 17.2 Å². The second-order valence-corrected chi connectivity index (χ2v) is 11.8. The fourth-order valence-corrected chi connectivity index (χ4v) is 6.75. The summed E-state index contributed by atoms with van der Waals surface area (Å²) < 4.78 is 0. The van der Waals surface area contributed by atoms with Crippen molar-refractivity contribution in [2.45, 2.75) is 30.9 Å². The van der Waals surface area contributed by atoms with Gasteiger partial charge in [-0.15, -0.1) is 11.3 Å². The van der Waals surface area contributed by atoms with Crippen LogP contribution in [-0.4, -0.2) is 58.8 Å². The molecule has 4 aromatic rings. The second-order valence-electron chi connectivity index (χ2n) is 10.8. The molecule has 1 aliphatic carbocycles. The van der Waals surface area contributed by atoms with Crippen LogP contribution in [0.1, 0.15) is 25.3 Å². The Hall–Kier alpha value is -3.10. The van der Waals surface area contributed by atoms with Gasteiger partial charge in [-0.2, -0.15) is 0 Å². The molecule has 37 heavy (non-hydrogen) atoms. The number of benzene rings is 2. The zero-order valence-electron chi connectivity index (χ0n) is 21.4. The number of anilines is 1. The number of nitrogens with two attached hydrogens (primary N) is 1. The average molecular weight is 512 g/mol. The summed E-state index contributed by atoms with van der Waals surface area (Å²) in [5.41, 5.74) is 10.8. The predicted molar refractivity (Wildman–Crippen MR) is 152 cm³/mol. The predicted octanol–water partition coefficient (Wildman–Crippen LogP) is 4.99. The maximum Gasteiger partial charge on any atom is 0.129 e. The quantitative estimate of drug-likeness (QED) is 0.393. The standard InChI is InChI=1S/C30H33N5OS/c1-29(36)19-30(31,20-29)24-10-8-21(9-11-24)26-27(22-6-4-3-5-7-22)37-28(33-26)23-12-13-32-25(18-23)35-16-14-34(2)15-17-35/h3-13,18,36H,14-17,19-20,31H2,1-2H3/t29-,30-. The summed E-state index contributed by atoms with van der Waals surface area (Å²) in [5.74, 6) is 1.01. The van der Waals surface area contributed by atoms with Crippen molar-refractivity contribution < 1.29 is 5.11 Å². The minimum Gasteiger partial charge on any atom is -0.390 e. The molecular formula is C30H33N5OS. The molecule has 0 radical (unpaired) electrons. The first kappa shape index (κ1) is 24.2. The first-order chi connectivity index (χ1) is 17.8. The maximum atomic E-state index is 10.2. The van der Waals surface area contributed by atoms with Crippen molar-refractivity contribution in [3.05, 3.63) is 78.5 Å². The SMILES string of the molecule is CN1CCN(c2cc(-c3nc(-c4ccc([C@]5(N)C[C@](C)(O)C5)cc4)c(-c4ccccc4)s3)ccn2)CC1. The van der Waals surface area contributed by atoms with Crippen molar-refractivity contribution in [2.75, 3.05) is 38.1 Å². The largest absolute Gasteiger partial charge is 0.390 e. The van der Waals surface area contributed by atoms with Crippen LogP contribution in [0.5, 0.6) is 0 Å². The molecule has 0 unspecified atom stereocenters. The van der Waals surface area contributed by atoms with Gasteiger partial charge in [0.25, 0.3) is 0 Å². The Morgan fingerprint density at radius 3 is 2.27 bits per heavy atom. The minimum absolute atomic E-state index is 0.464. The van der Waals surface area contributed by atoms with Gasteiger partial charge in [-0.25, -0.2) is 9.97 Å². The molecule has 1 saturated heterocycles. The molecule has 2 aromatic carbocycles. The number of likely N-dealkylation sites (N-methyl/N-ethyl adjacent to an activating group) is 1. The molecule has 7 heteroatoms. The van der Waals surface area contributed by atoms with E-state index in [-0.39, 0.29) is 0 Å². The van der Waals surface area contributed by atoms with Crippen molar-refractivity contribution in [3.63, 3.8) is 0 Å². The van der Waals surface area contributed by atoms with Crippen LogP contribution in [0.2, 0.25) is 0 Å². The van der Waals surface area contributed by atoms with Crippen LogP contribution in [0.15, 0.2) is 72.9 Å². The minimum atomic E-state index is -0.675. The number of piperazine rings is 1. The highest BCUT2D eigenvalue weighted by atomic mass is 32.1. The third-order valence-electron chi connectivity index (χ3n) is 7.61. The monoisotopic (exact) mass is 511 g/mol. The molecule has 6 rings (SSSR count). The number of nitrogens with zero attached hydrogens (tertiary/aromatic N) is 4. The summed E-state index contributed by atoms with van der Waals surface area (Å²) in [6.07, 6.45) is 3.05. The summed E-state index contributed by atoms with van der Waals surface area (Å²) in [5, 5.41) is 11.2. The molecule has 0 amide bonds. The Morgan fingerprint density at radius 1 is 0.892 bits per heavy atom. The lowest BCUT2D eigenvalue weighted by Crippen LogP contribution is -2.58. The van der Waals surface area contributed by atoms with Gasteiger partial charge < -0.3 is 20.6 Å². The van der Waals surface area contributed by atoms with Crippen LogP contribution in [0.25, 0.3) is 32.3 Å². The van der Waals surface area contributed by atoms with Crippen LogP contribution >= 0.6 is 11.3 Å². The highest BCUT2D eigenvalue weighted by Gasteiger charge is 2.49. The Balaban J connectivity index is 1.36. The number of hydrogen-bond acceptors (Lipinski definition) is 7. The molecule has 0 spiro atoms. The summed E-state index contributed by atoms with van der Waals surface area (Å²) >= 11 is 1.72. The van der Waals surface area contributed by atoms with Gasteiger partial charge >= 0.3 is 0 Å². The van der Waals surface area contributed by atoms with E-state index in [0.717, 1.165) is 69.8 Å². The molecule has 0 atom stereocenters. The van der Waals surface area contributed by atoms with Gasteiger partial charge in [0, 0.05) is 49.0 Å². The second kappa shape index (κ2) is 9.33. The first-order valence-corrected chi connectivity index (χ1v) is 13.7. The molecule has 2 aliphatic rings. The van der Waals surface area contributed by atoms with Gasteiger partial charge in [0.15, 0.2) is 0 Å². The van der Waals surface area contributed by atoms with E-state index in [1.807, 2.05) is 19.2 Å². The number of aliphatic hydroxyl groups is 1. The summed E-state index contributed by atoms with van der Waals surface area (Å²) in [6.45, 7) is 5.90. The summed E-state index contributed by atoms with van der Waals surface area (Å²) in [6, 6.07) is 23.1. The van der Waals surface area contributed by atoms with Crippen molar-refractivity contribution in [1.29, 1.82) is 0 Å². The molecule has 2 aromatic heterocycles. The zero-order valence-corrected chi connectivity index (χ0v) is 22.2. The lowest BCUT2D eigenvalue weighted by Gasteiger charge is -2.49.